The zero-order chi connectivity index (χ0) is 84.9. The number of halogens is 6. The lowest BCUT2D eigenvalue weighted by molar-refractivity contribution is -0.119. The van der Waals surface area contributed by atoms with Crippen LogP contribution < -0.4 is 24.9 Å². The summed E-state index contributed by atoms with van der Waals surface area (Å²) in [4.78, 5) is 14.6. The molecule has 5 heterocycles. The first-order valence-corrected chi connectivity index (χ1v) is 45.6. The van der Waals surface area contributed by atoms with Crippen molar-refractivity contribution in [3.8, 4) is 0 Å². The number of rotatable bonds is 12. The highest BCUT2D eigenvalue weighted by Gasteiger charge is 2.42. The molecule has 0 radical (unpaired) electrons. The number of nitrogens with zero attached hydrogens (tertiary/aromatic N) is 4. The lowest BCUT2D eigenvalue weighted by Crippen LogP contribution is -2.34. The molecule has 0 unspecified atom stereocenters. The summed E-state index contributed by atoms with van der Waals surface area (Å²) < 4.78 is 132. The molecule has 20 heteroatoms. The molecule has 0 fully saturated rings. The average molecular weight is 1670 g/mol. The highest BCUT2D eigenvalue weighted by Crippen LogP contribution is 2.54. The highest BCUT2D eigenvalue weighted by molar-refractivity contribution is 8.00. The summed E-state index contributed by atoms with van der Waals surface area (Å²) >= 11 is 5.32. The molecule has 5 aliphatic rings. The van der Waals surface area contributed by atoms with Gasteiger partial charge in [0.05, 0.1) is 76.5 Å². The average Bonchev–Trinajstić information content (AvgIpc) is 0.730. The first-order valence-electron chi connectivity index (χ1n) is 40.2. The first-order chi connectivity index (χ1) is 54.3. The van der Waals surface area contributed by atoms with E-state index in [1.54, 1.807) is 36.0 Å². The number of anilines is 10. The Bertz CT molecular complexity index is 5460. The molecular formula is C96H111F6N5O4S5. The lowest BCUT2D eigenvalue weighted by Gasteiger charge is -2.34. The molecule has 116 heavy (non-hydrogen) atoms. The Balaban J connectivity index is 0.000000143. The van der Waals surface area contributed by atoms with Crippen molar-refractivity contribution in [3.05, 3.63) is 238 Å². The van der Waals surface area contributed by atoms with Crippen LogP contribution in [0.25, 0.3) is 0 Å². The SMILES string of the molecule is CC(C)c1ccc2c(c1)N(C)c1ccc(C(C)C)cc1S2(=O)=O.CC(C)c1ccc2c(c1)N(CC(F)(F)F)c1ccc(C(C)C)cc1S2(=O)=O.CC(C)c1ccc2c(c1)Nc1ccc(C(C)C)cc1S2.CC(C)c1ccc2c(c1)Sc1ccc(C(C)C)cc1N2C.CC(C)c1ccc2c(c1)Sc1ccc(C(C)C)cc1N2CC(F)(F)F. The minimum atomic E-state index is -4.47. The van der Waals surface area contributed by atoms with Crippen LogP contribution in [0.15, 0.2) is 231 Å². The van der Waals surface area contributed by atoms with Crippen molar-refractivity contribution < 1.29 is 43.2 Å². The monoisotopic (exact) mass is 1670 g/mol. The number of alkyl halides is 6. The number of benzene rings is 10. The predicted molar refractivity (Wildman–Crippen MR) is 474 cm³/mol. The molecule has 0 amide bonds. The van der Waals surface area contributed by atoms with E-state index >= 15 is 0 Å². The molecule has 15 rings (SSSR count). The fourth-order valence-corrected chi connectivity index (χ4v) is 21.2. The van der Waals surface area contributed by atoms with E-state index in [4.69, 9.17) is 0 Å². The van der Waals surface area contributed by atoms with Crippen molar-refractivity contribution in [1.82, 2.24) is 0 Å². The van der Waals surface area contributed by atoms with Crippen molar-refractivity contribution in [2.75, 3.05) is 52.1 Å². The molecule has 0 spiro atoms. The molecule has 0 aromatic heterocycles. The summed E-state index contributed by atoms with van der Waals surface area (Å²) in [7, 11) is -3.26. The van der Waals surface area contributed by atoms with Crippen molar-refractivity contribution >= 4 is 112 Å². The van der Waals surface area contributed by atoms with E-state index in [0.717, 1.165) is 59.4 Å². The Hall–Kier alpha value is -8.27. The molecule has 616 valence electrons. The second kappa shape index (κ2) is 35.3. The van der Waals surface area contributed by atoms with E-state index in [0.29, 0.717) is 62.6 Å². The van der Waals surface area contributed by atoms with Gasteiger partial charge < -0.3 is 24.9 Å². The Morgan fingerprint density at radius 3 is 1.02 bits per heavy atom. The number of nitrogens with one attached hydrogen (secondary N) is 1. The Morgan fingerprint density at radius 1 is 0.267 bits per heavy atom. The van der Waals surface area contributed by atoms with Gasteiger partial charge in [0.15, 0.2) is 0 Å². The van der Waals surface area contributed by atoms with Crippen LogP contribution in [0.3, 0.4) is 0 Å². The third-order valence-corrected chi connectivity index (χ3v) is 28.9. The molecule has 0 aliphatic carbocycles. The summed E-state index contributed by atoms with van der Waals surface area (Å²) in [5.74, 6) is 3.68. The zero-order valence-corrected chi connectivity index (χ0v) is 74.8. The van der Waals surface area contributed by atoms with Crippen LogP contribution in [0.1, 0.15) is 253 Å². The van der Waals surface area contributed by atoms with Crippen molar-refractivity contribution in [3.63, 3.8) is 0 Å². The zero-order valence-electron chi connectivity index (χ0n) is 70.7. The van der Waals surface area contributed by atoms with Gasteiger partial charge in [0.25, 0.3) is 0 Å². The van der Waals surface area contributed by atoms with Gasteiger partial charge in [0.2, 0.25) is 19.7 Å². The van der Waals surface area contributed by atoms with Gasteiger partial charge in [-0.15, -0.1) is 0 Å². The quantitative estimate of drug-likeness (QED) is 0.118. The molecular weight excluding hydrogens is 1560 g/mol. The van der Waals surface area contributed by atoms with E-state index in [1.165, 1.54) is 87.7 Å². The smallest absolute Gasteiger partial charge is 0.354 e. The van der Waals surface area contributed by atoms with Gasteiger partial charge in [-0.25, -0.2) is 16.8 Å². The molecule has 0 atom stereocenters. The maximum Gasteiger partial charge on any atom is 0.406 e. The fourth-order valence-electron chi connectivity index (χ4n) is 14.4. The van der Waals surface area contributed by atoms with E-state index in [9.17, 15) is 43.2 Å². The summed E-state index contributed by atoms with van der Waals surface area (Å²) in [6.07, 6.45) is -8.73. The van der Waals surface area contributed by atoms with Crippen molar-refractivity contribution in [2.45, 2.75) is 259 Å². The lowest BCUT2D eigenvalue weighted by atomic mass is 10.0. The maximum absolute atomic E-state index is 13.3. The van der Waals surface area contributed by atoms with Gasteiger partial charge in [-0.1, -0.05) is 234 Å². The van der Waals surface area contributed by atoms with Crippen LogP contribution in [0, 0.1) is 0 Å². The summed E-state index contributed by atoms with van der Waals surface area (Å²) in [5, 5.41) is 3.58. The summed E-state index contributed by atoms with van der Waals surface area (Å²) in [5.41, 5.74) is 19.6. The molecule has 5 aliphatic heterocycles. The van der Waals surface area contributed by atoms with Crippen LogP contribution in [0.2, 0.25) is 0 Å². The standard InChI is InChI=1S/C20H22F3NO2S.C20H22F3NS.C19H23NO2S.C19H23NS.C18H21NS/c1-12(2)14-6-8-18-17(9-14)24(11-20(21,22)23)16-7-5-15(13(3)4)10-19(16)27(18,25)26;1-12(2)14-6-8-18-17(9-14)24(11-20(21,22)23)16-7-5-15(13(3)4)10-19(16)25-18;1-12(2)14-7-9-18-17(10-14)20(5)16-8-6-15(13(3)4)11-19(16)23(18,21)22;1-12(2)14-7-9-18-17(10-14)20(5)16-8-6-15(13(3)4)11-19(16)21-18;1-11(2)13-6-8-17-16(9-13)19-15-7-5-14(12(3)4)10-18(15)20-17/h5-10,12-13H,11H2,1-4H3;5-10,12-13H,11H2,1-4H3;6-13H,1-5H3;6-13H,1-5H3;5-12,19H,1-4H3. The fraction of sp³-hybridized carbons (Fsp3) is 0.375. The van der Waals surface area contributed by atoms with Crippen molar-refractivity contribution in [2.24, 2.45) is 0 Å². The highest BCUT2D eigenvalue weighted by atomic mass is 32.2. The van der Waals surface area contributed by atoms with E-state index in [-0.39, 0.29) is 38.9 Å². The molecule has 0 saturated heterocycles. The minimum absolute atomic E-state index is 0.0614. The van der Waals surface area contributed by atoms with Crippen LogP contribution in [-0.2, 0) is 19.7 Å². The third-order valence-electron chi connectivity index (χ3n) is 21.9. The third kappa shape index (κ3) is 19.5. The normalized spacial score (nSPS) is 14.5. The maximum atomic E-state index is 13.3. The van der Waals surface area contributed by atoms with Gasteiger partial charge in [0.1, 0.15) is 13.1 Å². The molecule has 1 N–H and O–H groups in total. The molecule has 0 saturated carbocycles. The van der Waals surface area contributed by atoms with Crippen molar-refractivity contribution in [1.29, 1.82) is 0 Å². The largest absolute Gasteiger partial charge is 0.406 e. The summed E-state index contributed by atoms with van der Waals surface area (Å²) in [6, 6.07) is 59.7. The number of fused-ring (bicyclic) bond motifs is 10. The van der Waals surface area contributed by atoms with Gasteiger partial charge in [-0.2, -0.15) is 26.3 Å². The Morgan fingerprint density at radius 2 is 0.560 bits per heavy atom. The van der Waals surface area contributed by atoms with Crippen LogP contribution in [-0.4, -0.2) is 56.4 Å². The second-order valence-corrected chi connectivity index (χ2v) is 40.9. The van der Waals surface area contributed by atoms with Gasteiger partial charge in [0, 0.05) is 43.5 Å². The molecule has 10 aromatic rings. The molecule has 10 aromatic carbocycles. The molecule has 0 bridgehead atoms. The summed E-state index contributed by atoms with van der Waals surface area (Å²) in [6.45, 7) is 40.0. The second-order valence-electron chi connectivity index (χ2n) is 33.8. The van der Waals surface area contributed by atoms with Crippen LogP contribution in [0.5, 0.6) is 0 Å². The minimum Gasteiger partial charge on any atom is -0.354 e. The first kappa shape index (κ1) is 88.5. The molecule has 9 nitrogen and oxygen atoms in total. The van der Waals surface area contributed by atoms with Gasteiger partial charge in [-0.3, -0.25) is 0 Å². The Kier molecular flexibility index (Phi) is 27.0. The number of hydrogen-bond donors (Lipinski definition) is 1. The number of sulfone groups is 2. The van der Waals surface area contributed by atoms with E-state index in [1.807, 2.05) is 130 Å². The topological polar surface area (TPSA) is 93.3 Å². The predicted octanol–water partition coefficient (Wildman–Crippen LogP) is 30.0. The van der Waals surface area contributed by atoms with Crippen LogP contribution >= 0.6 is 35.3 Å². The van der Waals surface area contributed by atoms with E-state index in [2.05, 4.69) is 201 Å². The van der Waals surface area contributed by atoms with Gasteiger partial charge >= 0.3 is 12.4 Å². The number of hydrogen-bond acceptors (Lipinski definition) is 12. The van der Waals surface area contributed by atoms with Crippen LogP contribution in [0.4, 0.5) is 83.2 Å². The van der Waals surface area contributed by atoms with E-state index < -0.39 is 45.1 Å². The van der Waals surface area contributed by atoms with Gasteiger partial charge in [-0.05, 0) is 236 Å². The Labute approximate surface area is 698 Å².